The van der Waals surface area contributed by atoms with Gasteiger partial charge in [0, 0.05) is 7.05 Å². The predicted octanol–water partition coefficient (Wildman–Crippen LogP) is 0.185. The van der Waals surface area contributed by atoms with Crippen molar-refractivity contribution in [2.75, 3.05) is 20.2 Å². The van der Waals surface area contributed by atoms with Crippen LogP contribution in [0.15, 0.2) is 0 Å². The van der Waals surface area contributed by atoms with Gasteiger partial charge in [-0.25, -0.2) is 4.79 Å². The molecule has 0 atom stereocenters. The molecule has 0 aromatic carbocycles. The number of imide groups is 1. The van der Waals surface area contributed by atoms with E-state index in [9.17, 15) is 9.59 Å². The number of carbonyl (C=O) groups excluding carboxylic acids is 2. The van der Waals surface area contributed by atoms with Crippen molar-refractivity contribution in [1.82, 2.24) is 9.80 Å². The van der Waals surface area contributed by atoms with Crippen LogP contribution in [0.4, 0.5) is 4.79 Å². The highest BCUT2D eigenvalue weighted by Crippen LogP contribution is 2.40. The van der Waals surface area contributed by atoms with Gasteiger partial charge in [0.25, 0.3) is 5.91 Å². The van der Waals surface area contributed by atoms with E-state index < -0.39 is 5.54 Å². The molecule has 0 aromatic rings. The van der Waals surface area contributed by atoms with Crippen LogP contribution in [0.5, 0.6) is 0 Å². The molecule has 3 amide bonds. The Morgan fingerprint density at radius 1 is 1.33 bits per heavy atom. The maximum atomic E-state index is 12.1. The summed E-state index contributed by atoms with van der Waals surface area (Å²) in [4.78, 5) is 26.6. The van der Waals surface area contributed by atoms with Crippen molar-refractivity contribution in [2.45, 2.75) is 31.2 Å². The van der Waals surface area contributed by atoms with Crippen molar-refractivity contribution >= 4 is 11.9 Å². The third-order valence-electron chi connectivity index (χ3n) is 3.56. The van der Waals surface area contributed by atoms with E-state index in [-0.39, 0.29) is 25.1 Å². The largest absolute Gasteiger partial charge is 0.395 e. The Hall–Kier alpha value is -1.10. The molecule has 1 saturated heterocycles. The minimum atomic E-state index is -0.591. The van der Waals surface area contributed by atoms with Gasteiger partial charge in [0.2, 0.25) is 0 Å². The first kappa shape index (κ1) is 10.4. The number of rotatable bonds is 2. The van der Waals surface area contributed by atoms with Gasteiger partial charge in [-0.15, -0.1) is 0 Å². The summed E-state index contributed by atoms with van der Waals surface area (Å²) in [5.74, 6) is -0.124. The number of hydrogen-bond acceptors (Lipinski definition) is 3. The highest BCUT2D eigenvalue weighted by molar-refractivity contribution is 6.07. The van der Waals surface area contributed by atoms with Gasteiger partial charge in [0.15, 0.2) is 0 Å². The fourth-order valence-corrected chi connectivity index (χ4v) is 2.65. The quantitative estimate of drug-likeness (QED) is 0.664. The molecule has 1 saturated carbocycles. The lowest BCUT2D eigenvalue weighted by atomic mass is 9.96. The first-order chi connectivity index (χ1) is 7.13. The van der Waals surface area contributed by atoms with Crippen LogP contribution in [0, 0.1) is 0 Å². The average molecular weight is 212 g/mol. The molecule has 0 unspecified atom stereocenters. The second-order valence-electron chi connectivity index (χ2n) is 4.26. The molecule has 2 rings (SSSR count). The van der Waals surface area contributed by atoms with E-state index in [1.807, 2.05) is 0 Å². The van der Waals surface area contributed by atoms with Crippen LogP contribution in [0.2, 0.25) is 0 Å². The molecule has 1 heterocycles. The summed E-state index contributed by atoms with van der Waals surface area (Å²) >= 11 is 0. The molecule has 0 aromatic heterocycles. The molecule has 1 N–H and O–H groups in total. The number of likely N-dealkylation sites (N-methyl/N-ethyl adjacent to an activating group) is 1. The first-order valence-electron chi connectivity index (χ1n) is 5.34. The van der Waals surface area contributed by atoms with Crippen molar-refractivity contribution in [3.05, 3.63) is 0 Å². The molecule has 2 aliphatic rings. The van der Waals surface area contributed by atoms with Gasteiger partial charge in [-0.05, 0) is 12.8 Å². The number of aliphatic hydroxyl groups excluding tert-OH is 1. The SMILES string of the molecule is CN1C(=O)N(CCO)C(=O)C12CCCC2. The Morgan fingerprint density at radius 3 is 2.47 bits per heavy atom. The van der Waals surface area contributed by atoms with Crippen molar-refractivity contribution in [3.8, 4) is 0 Å². The third-order valence-corrected chi connectivity index (χ3v) is 3.56. The van der Waals surface area contributed by atoms with Crippen molar-refractivity contribution in [3.63, 3.8) is 0 Å². The Bertz CT molecular complexity index is 297. The molecule has 1 aliphatic carbocycles. The molecular weight excluding hydrogens is 196 g/mol. The monoisotopic (exact) mass is 212 g/mol. The van der Waals surface area contributed by atoms with Gasteiger partial charge in [-0.1, -0.05) is 12.8 Å². The fourth-order valence-electron chi connectivity index (χ4n) is 2.65. The maximum absolute atomic E-state index is 12.1. The summed E-state index contributed by atoms with van der Waals surface area (Å²) in [5.41, 5.74) is -0.591. The summed E-state index contributed by atoms with van der Waals surface area (Å²) in [6, 6.07) is -0.268. The van der Waals surface area contributed by atoms with E-state index in [2.05, 4.69) is 0 Å². The highest BCUT2D eigenvalue weighted by Gasteiger charge is 2.56. The molecule has 0 radical (unpaired) electrons. The number of amides is 3. The molecule has 15 heavy (non-hydrogen) atoms. The van der Waals surface area contributed by atoms with Gasteiger partial charge in [0.1, 0.15) is 5.54 Å². The van der Waals surface area contributed by atoms with Gasteiger partial charge in [-0.2, -0.15) is 0 Å². The van der Waals surface area contributed by atoms with Crippen LogP contribution >= 0.6 is 0 Å². The fraction of sp³-hybridized carbons (Fsp3) is 0.800. The van der Waals surface area contributed by atoms with Gasteiger partial charge < -0.3 is 10.0 Å². The Balaban J connectivity index is 2.28. The number of hydrogen-bond donors (Lipinski definition) is 1. The zero-order valence-corrected chi connectivity index (χ0v) is 8.90. The van der Waals surface area contributed by atoms with E-state index in [4.69, 9.17) is 5.11 Å². The van der Waals surface area contributed by atoms with E-state index in [0.29, 0.717) is 0 Å². The van der Waals surface area contributed by atoms with E-state index >= 15 is 0 Å². The predicted molar refractivity (Wildman–Crippen MR) is 53.2 cm³/mol. The summed E-state index contributed by atoms with van der Waals surface area (Å²) in [6.07, 6.45) is 3.51. The minimum absolute atomic E-state index is 0.115. The van der Waals surface area contributed by atoms with Crippen LogP contribution in [0.3, 0.4) is 0 Å². The Morgan fingerprint density at radius 2 is 1.93 bits per heavy atom. The van der Waals surface area contributed by atoms with E-state index in [1.54, 1.807) is 11.9 Å². The molecule has 2 fully saturated rings. The van der Waals surface area contributed by atoms with Gasteiger partial charge in [-0.3, -0.25) is 9.69 Å². The third kappa shape index (κ3) is 1.26. The van der Waals surface area contributed by atoms with E-state index in [1.165, 1.54) is 4.90 Å². The van der Waals surface area contributed by atoms with Crippen LogP contribution < -0.4 is 0 Å². The maximum Gasteiger partial charge on any atom is 0.327 e. The summed E-state index contributed by atoms with van der Waals surface area (Å²) < 4.78 is 0. The molecule has 1 aliphatic heterocycles. The molecular formula is C10H16N2O3. The van der Waals surface area contributed by atoms with Crippen molar-refractivity contribution in [2.24, 2.45) is 0 Å². The zero-order chi connectivity index (χ0) is 11.1. The van der Waals surface area contributed by atoms with Gasteiger partial charge in [0.05, 0.1) is 13.2 Å². The smallest absolute Gasteiger partial charge is 0.327 e. The minimum Gasteiger partial charge on any atom is -0.395 e. The lowest BCUT2D eigenvalue weighted by Crippen LogP contribution is -2.45. The topological polar surface area (TPSA) is 60.9 Å². The number of aliphatic hydroxyl groups is 1. The summed E-state index contributed by atoms with van der Waals surface area (Å²) in [5, 5.41) is 8.82. The highest BCUT2D eigenvalue weighted by atomic mass is 16.3. The normalized spacial score (nSPS) is 24.7. The number of β-amino-alcohol motifs (C(OH)–C–C–N with tert-alkyl or cyclic N) is 1. The molecule has 5 nitrogen and oxygen atoms in total. The first-order valence-corrected chi connectivity index (χ1v) is 5.34. The number of carbonyl (C=O) groups is 2. The van der Waals surface area contributed by atoms with Crippen LogP contribution in [-0.4, -0.2) is 52.6 Å². The van der Waals surface area contributed by atoms with Crippen LogP contribution in [0.1, 0.15) is 25.7 Å². The molecule has 1 spiro atoms. The summed E-state index contributed by atoms with van der Waals surface area (Å²) in [7, 11) is 1.68. The van der Waals surface area contributed by atoms with Crippen molar-refractivity contribution < 1.29 is 14.7 Å². The van der Waals surface area contributed by atoms with Crippen molar-refractivity contribution in [1.29, 1.82) is 0 Å². The molecule has 0 bridgehead atoms. The second kappa shape index (κ2) is 3.48. The zero-order valence-electron chi connectivity index (χ0n) is 8.90. The Labute approximate surface area is 88.6 Å². The second-order valence-corrected chi connectivity index (χ2v) is 4.26. The van der Waals surface area contributed by atoms with Crippen LogP contribution in [0.25, 0.3) is 0 Å². The number of nitrogens with zero attached hydrogens (tertiary/aromatic N) is 2. The average Bonchev–Trinajstić information content (AvgIpc) is 2.77. The van der Waals surface area contributed by atoms with Gasteiger partial charge >= 0.3 is 6.03 Å². The van der Waals surface area contributed by atoms with Crippen LogP contribution in [-0.2, 0) is 4.79 Å². The lowest BCUT2D eigenvalue weighted by molar-refractivity contribution is -0.133. The standard InChI is InChI=1S/C10H16N2O3/c1-11-9(15)12(6-7-13)8(14)10(11)4-2-3-5-10/h13H,2-7H2,1H3. The number of urea groups is 1. The Kier molecular flexibility index (Phi) is 2.42. The summed E-state index contributed by atoms with van der Waals surface area (Å²) in [6.45, 7) is -0.0504. The van der Waals surface area contributed by atoms with E-state index in [0.717, 1.165) is 25.7 Å². The molecule has 5 heteroatoms. The molecule has 84 valence electrons. The lowest BCUT2D eigenvalue weighted by Gasteiger charge is -2.27.